The Hall–Kier alpha value is -2.14. The van der Waals surface area contributed by atoms with Crippen molar-refractivity contribution in [3.63, 3.8) is 0 Å². The highest BCUT2D eigenvalue weighted by Crippen LogP contribution is 2.39. The Bertz CT molecular complexity index is 830. The van der Waals surface area contributed by atoms with E-state index in [1.165, 1.54) is 16.0 Å². The van der Waals surface area contributed by atoms with Gasteiger partial charge >= 0.3 is 0 Å². The van der Waals surface area contributed by atoms with Crippen LogP contribution < -0.4 is 0 Å². The first kappa shape index (κ1) is 19.2. The fourth-order valence-corrected chi connectivity index (χ4v) is 5.04. The number of carbonyl (C=O) groups excluding carboxylic acids is 2. The van der Waals surface area contributed by atoms with Crippen LogP contribution in [0.5, 0.6) is 0 Å². The van der Waals surface area contributed by atoms with Gasteiger partial charge in [-0.1, -0.05) is 30.3 Å². The van der Waals surface area contributed by atoms with Crippen LogP contribution in [-0.4, -0.2) is 48.8 Å². The summed E-state index contributed by atoms with van der Waals surface area (Å²) < 4.78 is 0. The van der Waals surface area contributed by atoms with Gasteiger partial charge in [0.2, 0.25) is 11.8 Å². The molecule has 1 aromatic carbocycles. The Morgan fingerprint density at radius 3 is 2.32 bits per heavy atom. The lowest BCUT2D eigenvalue weighted by atomic mass is 9.72. The summed E-state index contributed by atoms with van der Waals surface area (Å²) in [6.07, 6.45) is 4.30. The molecule has 1 aliphatic carbocycles. The molecule has 0 radical (unpaired) electrons. The zero-order valence-corrected chi connectivity index (χ0v) is 17.5. The smallest absolute Gasteiger partial charge is 0.228 e. The SMILES string of the molecule is CN(C)C(=O)C1(Cc2ccc(-c3cccs3)cc2)CCN(C(=O)C2CC2)CC1. The lowest BCUT2D eigenvalue weighted by molar-refractivity contribution is -0.146. The minimum Gasteiger partial charge on any atom is -0.348 e. The number of carbonyl (C=O) groups is 2. The first-order chi connectivity index (χ1) is 13.5. The maximum absolute atomic E-state index is 13.1. The first-order valence-electron chi connectivity index (χ1n) is 10.1. The topological polar surface area (TPSA) is 40.6 Å². The highest BCUT2D eigenvalue weighted by molar-refractivity contribution is 7.13. The van der Waals surface area contributed by atoms with Crippen molar-refractivity contribution in [3.05, 3.63) is 47.3 Å². The number of nitrogens with zero attached hydrogens (tertiary/aromatic N) is 2. The van der Waals surface area contributed by atoms with E-state index in [0.717, 1.165) is 32.1 Å². The molecule has 4 nitrogen and oxygen atoms in total. The minimum absolute atomic E-state index is 0.188. The number of rotatable bonds is 5. The molecule has 148 valence electrons. The van der Waals surface area contributed by atoms with E-state index in [9.17, 15) is 9.59 Å². The molecule has 5 heteroatoms. The Morgan fingerprint density at radius 1 is 1.11 bits per heavy atom. The van der Waals surface area contributed by atoms with Crippen molar-refractivity contribution in [3.8, 4) is 10.4 Å². The van der Waals surface area contributed by atoms with E-state index in [-0.39, 0.29) is 11.8 Å². The highest BCUT2D eigenvalue weighted by atomic mass is 32.1. The van der Waals surface area contributed by atoms with Gasteiger partial charge < -0.3 is 9.80 Å². The van der Waals surface area contributed by atoms with E-state index in [1.807, 2.05) is 19.0 Å². The van der Waals surface area contributed by atoms with Crippen molar-refractivity contribution >= 4 is 23.2 Å². The summed E-state index contributed by atoms with van der Waals surface area (Å²) in [4.78, 5) is 30.5. The van der Waals surface area contributed by atoms with Gasteiger partial charge in [0, 0.05) is 38.0 Å². The van der Waals surface area contributed by atoms with E-state index in [4.69, 9.17) is 0 Å². The van der Waals surface area contributed by atoms with Gasteiger partial charge in [-0.3, -0.25) is 9.59 Å². The molecule has 0 N–H and O–H groups in total. The molecule has 2 amide bonds. The van der Waals surface area contributed by atoms with Crippen LogP contribution in [0.4, 0.5) is 0 Å². The molecule has 1 aliphatic heterocycles. The van der Waals surface area contributed by atoms with Gasteiger partial charge in [-0.2, -0.15) is 0 Å². The lowest BCUT2D eigenvalue weighted by Crippen LogP contribution is -2.51. The Morgan fingerprint density at radius 2 is 1.79 bits per heavy atom. The van der Waals surface area contributed by atoms with Crippen LogP contribution in [0.3, 0.4) is 0 Å². The number of hydrogen-bond donors (Lipinski definition) is 0. The van der Waals surface area contributed by atoms with Crippen LogP contribution in [0.1, 0.15) is 31.2 Å². The van der Waals surface area contributed by atoms with Gasteiger partial charge in [0.25, 0.3) is 0 Å². The normalized spacial score (nSPS) is 18.7. The van der Waals surface area contributed by atoms with Crippen molar-refractivity contribution in [2.45, 2.75) is 32.1 Å². The number of thiophene rings is 1. The summed E-state index contributed by atoms with van der Waals surface area (Å²) in [5.74, 6) is 0.737. The number of likely N-dealkylation sites (tertiary alicyclic amines) is 1. The molecule has 0 spiro atoms. The summed E-state index contributed by atoms with van der Waals surface area (Å²) in [7, 11) is 3.68. The number of benzene rings is 1. The molecule has 2 aliphatic rings. The maximum atomic E-state index is 13.1. The predicted molar refractivity (Wildman–Crippen MR) is 113 cm³/mol. The Balaban J connectivity index is 1.50. The standard InChI is InChI=1S/C23H28N2O2S/c1-24(2)22(27)23(11-13-25(14-12-23)21(26)19-9-10-19)16-17-5-7-18(8-6-17)20-4-3-15-28-20/h3-8,15,19H,9-14,16H2,1-2H3. The molecule has 0 bridgehead atoms. The zero-order chi connectivity index (χ0) is 19.7. The molecule has 28 heavy (non-hydrogen) atoms. The maximum Gasteiger partial charge on any atom is 0.228 e. The average Bonchev–Trinajstić information content (AvgIpc) is 3.42. The van der Waals surface area contributed by atoms with Crippen LogP contribution >= 0.6 is 11.3 Å². The molecule has 2 fully saturated rings. The fourth-order valence-electron chi connectivity index (χ4n) is 4.30. The molecule has 0 unspecified atom stereocenters. The summed E-state index contributed by atoms with van der Waals surface area (Å²) in [6, 6.07) is 12.8. The number of hydrogen-bond acceptors (Lipinski definition) is 3. The molecule has 2 heterocycles. The first-order valence-corrected chi connectivity index (χ1v) is 11.0. The van der Waals surface area contributed by atoms with Gasteiger partial charge in [-0.25, -0.2) is 0 Å². The van der Waals surface area contributed by atoms with E-state index in [1.54, 1.807) is 16.2 Å². The molecular weight excluding hydrogens is 368 g/mol. The summed E-state index contributed by atoms with van der Waals surface area (Å²) in [6.45, 7) is 1.39. The number of piperidine rings is 1. The summed E-state index contributed by atoms with van der Waals surface area (Å²) >= 11 is 1.74. The Kier molecular flexibility index (Phi) is 5.28. The summed E-state index contributed by atoms with van der Waals surface area (Å²) in [5, 5.41) is 2.09. The number of amides is 2. The van der Waals surface area contributed by atoms with E-state index in [2.05, 4.69) is 41.8 Å². The second-order valence-corrected chi connectivity index (χ2v) is 9.38. The predicted octanol–water partition coefficient (Wildman–Crippen LogP) is 4.06. The lowest BCUT2D eigenvalue weighted by Gasteiger charge is -2.42. The molecule has 4 rings (SSSR count). The monoisotopic (exact) mass is 396 g/mol. The average molecular weight is 397 g/mol. The van der Waals surface area contributed by atoms with Crippen molar-refractivity contribution < 1.29 is 9.59 Å². The molecule has 2 aromatic rings. The molecule has 1 aromatic heterocycles. The van der Waals surface area contributed by atoms with Crippen molar-refractivity contribution in [2.75, 3.05) is 27.2 Å². The fraction of sp³-hybridized carbons (Fsp3) is 0.478. The van der Waals surface area contributed by atoms with Crippen molar-refractivity contribution in [2.24, 2.45) is 11.3 Å². The van der Waals surface area contributed by atoms with Gasteiger partial charge in [-0.05, 0) is 54.7 Å². The van der Waals surface area contributed by atoms with Crippen molar-refractivity contribution in [1.82, 2.24) is 9.80 Å². The second kappa shape index (κ2) is 7.70. The molecule has 1 saturated heterocycles. The summed E-state index contributed by atoms with van der Waals surface area (Å²) in [5.41, 5.74) is 2.00. The van der Waals surface area contributed by atoms with Crippen LogP contribution in [0, 0.1) is 11.3 Å². The molecular formula is C23H28N2O2S. The van der Waals surface area contributed by atoms with E-state index in [0.29, 0.717) is 19.0 Å². The van der Waals surface area contributed by atoms with Gasteiger partial charge in [-0.15, -0.1) is 11.3 Å². The Labute approximate surface area is 171 Å². The third-order valence-electron chi connectivity index (χ3n) is 6.12. The molecule has 1 saturated carbocycles. The van der Waals surface area contributed by atoms with Gasteiger partial charge in [0.05, 0.1) is 5.41 Å². The van der Waals surface area contributed by atoms with Crippen LogP contribution in [0.2, 0.25) is 0 Å². The quantitative estimate of drug-likeness (QED) is 0.765. The van der Waals surface area contributed by atoms with Gasteiger partial charge in [0.15, 0.2) is 0 Å². The second-order valence-electron chi connectivity index (χ2n) is 8.43. The highest BCUT2D eigenvalue weighted by Gasteiger charge is 2.44. The van der Waals surface area contributed by atoms with Crippen molar-refractivity contribution in [1.29, 1.82) is 0 Å². The van der Waals surface area contributed by atoms with E-state index < -0.39 is 5.41 Å². The van der Waals surface area contributed by atoms with Gasteiger partial charge in [0.1, 0.15) is 0 Å². The van der Waals surface area contributed by atoms with Crippen LogP contribution in [0.15, 0.2) is 41.8 Å². The third kappa shape index (κ3) is 3.86. The largest absolute Gasteiger partial charge is 0.348 e. The minimum atomic E-state index is -0.408. The van der Waals surface area contributed by atoms with E-state index >= 15 is 0 Å². The zero-order valence-electron chi connectivity index (χ0n) is 16.7. The van der Waals surface area contributed by atoms with Crippen LogP contribution in [-0.2, 0) is 16.0 Å². The van der Waals surface area contributed by atoms with Crippen LogP contribution in [0.25, 0.3) is 10.4 Å². The third-order valence-corrected chi connectivity index (χ3v) is 7.04. The molecule has 0 atom stereocenters.